The Morgan fingerprint density at radius 2 is 2.25 bits per heavy atom. The van der Waals surface area contributed by atoms with E-state index < -0.39 is 0 Å². The maximum absolute atomic E-state index is 13.5. The molecule has 0 fully saturated rings. The molecule has 0 radical (unpaired) electrons. The van der Waals surface area contributed by atoms with Crippen molar-refractivity contribution in [2.75, 3.05) is 5.73 Å². The van der Waals surface area contributed by atoms with Crippen molar-refractivity contribution in [2.24, 2.45) is 0 Å². The fourth-order valence-electron chi connectivity index (χ4n) is 1.52. The van der Waals surface area contributed by atoms with Crippen molar-refractivity contribution in [3.8, 4) is 11.1 Å². The summed E-state index contributed by atoms with van der Waals surface area (Å²) in [5.41, 5.74) is 7.46. The molecule has 0 bridgehead atoms. The van der Waals surface area contributed by atoms with Gasteiger partial charge in [0.15, 0.2) is 0 Å². The van der Waals surface area contributed by atoms with E-state index in [1.165, 1.54) is 12.3 Å². The second-order valence-corrected chi connectivity index (χ2v) is 3.80. The van der Waals surface area contributed by atoms with Gasteiger partial charge in [-0.25, -0.2) is 4.39 Å². The van der Waals surface area contributed by atoms with Crippen molar-refractivity contribution in [3.63, 3.8) is 0 Å². The Bertz CT molecular complexity index is 525. The van der Waals surface area contributed by atoms with Crippen molar-refractivity contribution in [1.82, 2.24) is 5.16 Å². The quantitative estimate of drug-likeness (QED) is 0.876. The highest BCUT2D eigenvalue weighted by Crippen LogP contribution is 2.31. The summed E-state index contributed by atoms with van der Waals surface area (Å²) in [5.74, 6) is -0.187. The van der Waals surface area contributed by atoms with Gasteiger partial charge in [0.2, 0.25) is 5.88 Å². The van der Waals surface area contributed by atoms with Crippen LogP contribution >= 0.6 is 11.6 Å². The summed E-state index contributed by atoms with van der Waals surface area (Å²) < 4.78 is 18.3. The number of rotatable bonds is 2. The van der Waals surface area contributed by atoms with Gasteiger partial charge in [-0.3, -0.25) is 0 Å². The third-order valence-corrected chi connectivity index (χ3v) is 2.67. The van der Waals surface area contributed by atoms with Crippen LogP contribution in [0.1, 0.15) is 12.5 Å². The maximum atomic E-state index is 13.5. The van der Waals surface area contributed by atoms with Crippen molar-refractivity contribution in [1.29, 1.82) is 0 Å². The number of nitrogen functional groups attached to an aromatic ring is 1. The monoisotopic (exact) mass is 240 g/mol. The first-order valence-electron chi connectivity index (χ1n) is 4.82. The first kappa shape index (κ1) is 11.0. The number of nitrogens with zero attached hydrogens (tertiary/aromatic N) is 1. The van der Waals surface area contributed by atoms with Crippen LogP contribution < -0.4 is 5.73 Å². The van der Waals surface area contributed by atoms with Crippen LogP contribution in [0.5, 0.6) is 0 Å². The molecule has 0 aliphatic carbocycles. The zero-order valence-electron chi connectivity index (χ0n) is 8.63. The predicted molar refractivity (Wildman–Crippen MR) is 60.7 cm³/mol. The molecule has 84 valence electrons. The SMILES string of the molecule is CCc1cc(-c2cnoc2N)cc(Cl)c1F. The average Bonchev–Trinajstić information content (AvgIpc) is 2.68. The normalized spacial score (nSPS) is 10.7. The Hall–Kier alpha value is -1.55. The number of hydrogen-bond donors (Lipinski definition) is 1. The number of aryl methyl sites for hydroxylation is 1. The van der Waals surface area contributed by atoms with Gasteiger partial charge in [0.25, 0.3) is 0 Å². The Kier molecular flexibility index (Phi) is 2.83. The highest BCUT2D eigenvalue weighted by molar-refractivity contribution is 6.31. The molecule has 1 aromatic heterocycles. The minimum absolute atomic E-state index is 0.0787. The molecule has 0 aliphatic heterocycles. The second kappa shape index (κ2) is 4.14. The third kappa shape index (κ3) is 1.76. The van der Waals surface area contributed by atoms with E-state index in [1.54, 1.807) is 6.07 Å². The van der Waals surface area contributed by atoms with Gasteiger partial charge < -0.3 is 10.3 Å². The largest absolute Gasteiger partial charge is 0.367 e. The van der Waals surface area contributed by atoms with Gasteiger partial charge in [-0.15, -0.1) is 0 Å². The first-order valence-corrected chi connectivity index (χ1v) is 5.19. The molecule has 0 saturated heterocycles. The van der Waals surface area contributed by atoms with Gasteiger partial charge in [0.1, 0.15) is 5.82 Å². The van der Waals surface area contributed by atoms with E-state index >= 15 is 0 Å². The van der Waals surface area contributed by atoms with E-state index in [0.717, 1.165) is 0 Å². The summed E-state index contributed by atoms with van der Waals surface area (Å²) >= 11 is 5.80. The fraction of sp³-hybridized carbons (Fsp3) is 0.182. The molecule has 2 rings (SSSR count). The maximum Gasteiger partial charge on any atom is 0.229 e. The highest BCUT2D eigenvalue weighted by atomic mass is 35.5. The molecule has 0 amide bonds. The van der Waals surface area contributed by atoms with Gasteiger partial charge in [-0.2, -0.15) is 0 Å². The van der Waals surface area contributed by atoms with Gasteiger partial charge in [0.05, 0.1) is 16.8 Å². The Morgan fingerprint density at radius 1 is 1.50 bits per heavy atom. The minimum Gasteiger partial charge on any atom is -0.367 e. The molecule has 0 saturated carbocycles. The number of halogens is 2. The van der Waals surface area contributed by atoms with Crippen LogP contribution in [-0.2, 0) is 6.42 Å². The van der Waals surface area contributed by atoms with E-state index in [-0.39, 0.29) is 16.7 Å². The number of nitrogens with two attached hydrogens (primary N) is 1. The average molecular weight is 241 g/mol. The lowest BCUT2D eigenvalue weighted by atomic mass is 10.0. The van der Waals surface area contributed by atoms with Crippen molar-refractivity contribution >= 4 is 17.5 Å². The van der Waals surface area contributed by atoms with E-state index in [1.807, 2.05) is 6.92 Å². The molecule has 2 N–H and O–H groups in total. The van der Waals surface area contributed by atoms with Crippen LogP contribution in [0.3, 0.4) is 0 Å². The van der Waals surface area contributed by atoms with Crippen molar-refractivity contribution in [3.05, 3.63) is 34.7 Å². The smallest absolute Gasteiger partial charge is 0.229 e. The summed E-state index contributed by atoms with van der Waals surface area (Å²) in [7, 11) is 0. The molecule has 0 aliphatic rings. The highest BCUT2D eigenvalue weighted by Gasteiger charge is 2.12. The van der Waals surface area contributed by atoms with Gasteiger partial charge in [0, 0.05) is 0 Å². The van der Waals surface area contributed by atoms with E-state index in [0.29, 0.717) is 23.1 Å². The Morgan fingerprint density at radius 3 is 2.81 bits per heavy atom. The van der Waals surface area contributed by atoms with Gasteiger partial charge >= 0.3 is 0 Å². The molecule has 5 heteroatoms. The number of anilines is 1. The summed E-state index contributed by atoms with van der Waals surface area (Å²) in [5, 5.41) is 3.65. The van der Waals surface area contributed by atoms with Crippen LogP contribution in [0.4, 0.5) is 10.3 Å². The molecular formula is C11H10ClFN2O. The topological polar surface area (TPSA) is 52.0 Å². The van der Waals surface area contributed by atoms with E-state index in [9.17, 15) is 4.39 Å². The van der Waals surface area contributed by atoms with Crippen LogP contribution in [-0.4, -0.2) is 5.16 Å². The molecule has 16 heavy (non-hydrogen) atoms. The van der Waals surface area contributed by atoms with E-state index in [4.69, 9.17) is 21.9 Å². The number of hydrogen-bond acceptors (Lipinski definition) is 3. The summed E-state index contributed by atoms with van der Waals surface area (Å²) in [6.45, 7) is 1.86. The lowest BCUT2D eigenvalue weighted by Gasteiger charge is -2.05. The molecule has 0 spiro atoms. The van der Waals surface area contributed by atoms with Crippen molar-refractivity contribution in [2.45, 2.75) is 13.3 Å². The Labute approximate surface area is 97.0 Å². The second-order valence-electron chi connectivity index (χ2n) is 3.39. The van der Waals surface area contributed by atoms with Crippen molar-refractivity contribution < 1.29 is 8.91 Å². The summed E-state index contributed by atoms with van der Waals surface area (Å²) in [4.78, 5) is 0. The zero-order chi connectivity index (χ0) is 11.7. The number of benzene rings is 1. The predicted octanol–water partition coefficient (Wildman–Crippen LogP) is 3.28. The molecular weight excluding hydrogens is 231 g/mol. The molecule has 3 nitrogen and oxygen atoms in total. The standard InChI is InChI=1S/C11H10ClFN2O/c1-2-6-3-7(4-9(12)10(6)13)8-5-15-16-11(8)14/h3-5H,2,14H2,1H3. The Balaban J connectivity index is 2.59. The van der Waals surface area contributed by atoms with Crippen LogP contribution in [0, 0.1) is 5.82 Å². The first-order chi connectivity index (χ1) is 7.63. The van der Waals surface area contributed by atoms with Crippen LogP contribution in [0.15, 0.2) is 22.9 Å². The lowest BCUT2D eigenvalue weighted by Crippen LogP contribution is -1.92. The third-order valence-electron chi connectivity index (χ3n) is 2.39. The lowest BCUT2D eigenvalue weighted by molar-refractivity contribution is 0.436. The fourth-order valence-corrected chi connectivity index (χ4v) is 1.76. The molecule has 1 aromatic carbocycles. The zero-order valence-corrected chi connectivity index (χ0v) is 9.38. The van der Waals surface area contributed by atoms with Gasteiger partial charge in [-0.05, 0) is 29.7 Å². The van der Waals surface area contributed by atoms with E-state index in [2.05, 4.69) is 5.16 Å². The van der Waals surface area contributed by atoms with Crippen LogP contribution in [0.25, 0.3) is 11.1 Å². The van der Waals surface area contributed by atoms with Gasteiger partial charge in [-0.1, -0.05) is 23.7 Å². The molecule has 2 aromatic rings. The minimum atomic E-state index is -0.386. The van der Waals surface area contributed by atoms with Crippen LogP contribution in [0.2, 0.25) is 5.02 Å². The molecule has 0 atom stereocenters. The number of aromatic nitrogens is 1. The molecule has 1 heterocycles. The summed E-state index contributed by atoms with van der Waals surface area (Å²) in [6, 6.07) is 3.21. The molecule has 0 unspecified atom stereocenters. The summed E-state index contributed by atoms with van der Waals surface area (Å²) in [6.07, 6.45) is 2.04.